The Balaban J connectivity index is 1.70. The number of nitrogens with zero attached hydrogens (tertiary/aromatic N) is 5. The van der Waals surface area contributed by atoms with Crippen LogP contribution in [-0.4, -0.2) is 43.9 Å². The van der Waals surface area contributed by atoms with E-state index in [1.54, 1.807) is 31.4 Å². The zero-order chi connectivity index (χ0) is 24.1. The lowest BCUT2D eigenvalue weighted by Crippen LogP contribution is -2.31. The van der Waals surface area contributed by atoms with E-state index in [1.165, 1.54) is 16.3 Å². The monoisotopic (exact) mass is 498 g/mol. The van der Waals surface area contributed by atoms with Crippen molar-refractivity contribution >= 4 is 40.2 Å². The van der Waals surface area contributed by atoms with E-state index in [1.807, 2.05) is 28.8 Å². The number of ether oxygens (including phenoxy) is 1. The van der Waals surface area contributed by atoms with Crippen LogP contribution in [0.5, 0.6) is 0 Å². The number of thioether (sulfide) groups is 1. The van der Waals surface area contributed by atoms with Crippen LogP contribution in [0.25, 0.3) is 22.3 Å². The Morgan fingerprint density at radius 2 is 1.88 bits per heavy atom. The summed E-state index contributed by atoms with van der Waals surface area (Å²) in [5.74, 6) is 0.746. The summed E-state index contributed by atoms with van der Waals surface area (Å²) in [6, 6.07) is 14.5. The number of methoxy groups -OCH3 is 1. The minimum Gasteiger partial charge on any atom is -0.385 e. The first kappa shape index (κ1) is 23.9. The van der Waals surface area contributed by atoms with E-state index >= 15 is 0 Å². The molecule has 176 valence electrons. The Labute approximate surface area is 204 Å². The SMILES string of the molecule is COCCCn1c(SCc2nc3ccccc3c(=O)n2CC(N)=O)nnc1-c1ccccc1Cl. The number of para-hydroxylation sites is 1. The molecule has 0 saturated heterocycles. The van der Waals surface area contributed by atoms with Gasteiger partial charge in [0, 0.05) is 25.8 Å². The predicted octanol–water partition coefficient (Wildman–Crippen LogP) is 3.12. The average molecular weight is 499 g/mol. The highest BCUT2D eigenvalue weighted by atomic mass is 35.5. The topological polar surface area (TPSA) is 118 Å². The molecule has 2 N–H and O–H groups in total. The molecule has 0 fully saturated rings. The summed E-state index contributed by atoms with van der Waals surface area (Å²) in [5, 5.41) is 10.4. The molecule has 0 saturated carbocycles. The first-order valence-corrected chi connectivity index (χ1v) is 11.9. The fourth-order valence-electron chi connectivity index (χ4n) is 3.58. The molecule has 2 heterocycles. The first-order chi connectivity index (χ1) is 16.5. The Bertz CT molecular complexity index is 1390. The summed E-state index contributed by atoms with van der Waals surface area (Å²) in [6.07, 6.45) is 0.750. The number of benzene rings is 2. The second kappa shape index (κ2) is 10.8. The van der Waals surface area contributed by atoms with Gasteiger partial charge in [-0.05, 0) is 30.7 Å². The molecule has 0 spiro atoms. The molecule has 9 nitrogen and oxygen atoms in total. The molecule has 11 heteroatoms. The molecule has 4 aromatic rings. The highest BCUT2D eigenvalue weighted by molar-refractivity contribution is 7.98. The van der Waals surface area contributed by atoms with Crippen LogP contribution >= 0.6 is 23.4 Å². The first-order valence-electron chi connectivity index (χ1n) is 10.6. The lowest BCUT2D eigenvalue weighted by Gasteiger charge is -2.13. The highest BCUT2D eigenvalue weighted by Crippen LogP contribution is 2.30. The van der Waals surface area contributed by atoms with Crippen molar-refractivity contribution in [2.45, 2.75) is 30.4 Å². The molecule has 0 aliphatic rings. The number of hydrogen-bond donors (Lipinski definition) is 1. The largest absolute Gasteiger partial charge is 0.385 e. The van der Waals surface area contributed by atoms with E-state index < -0.39 is 5.91 Å². The maximum atomic E-state index is 13.0. The zero-order valence-electron chi connectivity index (χ0n) is 18.5. The number of aromatic nitrogens is 5. The van der Waals surface area contributed by atoms with Crippen molar-refractivity contribution in [3.63, 3.8) is 0 Å². The fourth-order valence-corrected chi connectivity index (χ4v) is 4.71. The third kappa shape index (κ3) is 5.14. The van der Waals surface area contributed by atoms with E-state index in [0.29, 0.717) is 45.9 Å². The van der Waals surface area contributed by atoms with Crippen LogP contribution in [0.1, 0.15) is 12.2 Å². The molecule has 0 bridgehead atoms. The number of carbonyl (C=O) groups is 1. The second-order valence-corrected chi connectivity index (χ2v) is 8.83. The molecule has 1 amide bonds. The third-order valence-electron chi connectivity index (χ3n) is 5.15. The summed E-state index contributed by atoms with van der Waals surface area (Å²) in [7, 11) is 1.65. The van der Waals surface area contributed by atoms with Gasteiger partial charge in [0.15, 0.2) is 11.0 Å². The van der Waals surface area contributed by atoms with Gasteiger partial charge in [0.1, 0.15) is 12.4 Å². The molecule has 4 rings (SSSR count). The Morgan fingerprint density at radius 1 is 1.12 bits per heavy atom. The Morgan fingerprint density at radius 3 is 2.65 bits per heavy atom. The van der Waals surface area contributed by atoms with Crippen LogP contribution in [0.3, 0.4) is 0 Å². The summed E-state index contributed by atoms with van der Waals surface area (Å²) in [6.45, 7) is 0.940. The van der Waals surface area contributed by atoms with Crippen molar-refractivity contribution in [1.29, 1.82) is 0 Å². The molecule has 2 aromatic carbocycles. The molecule has 0 atom stereocenters. The van der Waals surface area contributed by atoms with Gasteiger partial charge in [-0.15, -0.1) is 10.2 Å². The molecule has 34 heavy (non-hydrogen) atoms. The van der Waals surface area contributed by atoms with Crippen molar-refractivity contribution in [2.24, 2.45) is 5.73 Å². The number of amides is 1. The molecule has 0 unspecified atom stereocenters. The van der Waals surface area contributed by atoms with Gasteiger partial charge >= 0.3 is 0 Å². The minimum absolute atomic E-state index is 0.252. The highest BCUT2D eigenvalue weighted by Gasteiger charge is 2.18. The van der Waals surface area contributed by atoms with Gasteiger partial charge in [-0.25, -0.2) is 4.98 Å². The maximum Gasteiger partial charge on any atom is 0.261 e. The van der Waals surface area contributed by atoms with Crippen LogP contribution in [0, 0.1) is 0 Å². The average Bonchev–Trinajstić information content (AvgIpc) is 3.22. The minimum atomic E-state index is -0.617. The smallest absolute Gasteiger partial charge is 0.261 e. The summed E-state index contributed by atoms with van der Waals surface area (Å²) in [5.41, 5.74) is 6.43. The van der Waals surface area contributed by atoms with E-state index in [0.717, 1.165) is 12.0 Å². The zero-order valence-corrected chi connectivity index (χ0v) is 20.1. The Hall–Kier alpha value is -3.21. The van der Waals surface area contributed by atoms with Gasteiger partial charge in [-0.3, -0.25) is 14.2 Å². The normalized spacial score (nSPS) is 11.2. The standard InChI is InChI=1S/C23H23ClN6O3S/c1-33-12-6-11-29-21(15-7-2-4-9-17(15)24)27-28-23(29)34-14-20-26-18-10-5-3-8-16(18)22(32)30(20)13-19(25)31/h2-5,7-10H,6,11-14H2,1H3,(H2,25,31). The van der Waals surface area contributed by atoms with Gasteiger partial charge in [0.05, 0.1) is 21.7 Å². The van der Waals surface area contributed by atoms with Gasteiger partial charge in [-0.2, -0.15) is 0 Å². The van der Waals surface area contributed by atoms with Crippen LogP contribution < -0.4 is 11.3 Å². The predicted molar refractivity (Wildman–Crippen MR) is 132 cm³/mol. The summed E-state index contributed by atoms with van der Waals surface area (Å²) >= 11 is 7.78. The third-order valence-corrected chi connectivity index (χ3v) is 6.44. The maximum absolute atomic E-state index is 13.0. The number of rotatable bonds is 10. The van der Waals surface area contributed by atoms with Crippen molar-refractivity contribution in [3.05, 3.63) is 69.7 Å². The Kier molecular flexibility index (Phi) is 7.61. The van der Waals surface area contributed by atoms with E-state index in [9.17, 15) is 9.59 Å². The van der Waals surface area contributed by atoms with Crippen LogP contribution in [0.15, 0.2) is 58.5 Å². The van der Waals surface area contributed by atoms with Crippen LogP contribution in [0.2, 0.25) is 5.02 Å². The number of primary amides is 1. The number of carbonyl (C=O) groups excluding carboxylic acids is 1. The molecule has 0 aliphatic carbocycles. The quantitative estimate of drug-likeness (QED) is 0.263. The lowest BCUT2D eigenvalue weighted by atomic mass is 10.2. The van der Waals surface area contributed by atoms with E-state index in [-0.39, 0.29) is 17.9 Å². The van der Waals surface area contributed by atoms with Gasteiger partial charge in [-0.1, -0.05) is 47.6 Å². The molecular weight excluding hydrogens is 476 g/mol. The molecular formula is C23H23ClN6O3S. The van der Waals surface area contributed by atoms with Crippen LogP contribution in [-0.2, 0) is 28.4 Å². The van der Waals surface area contributed by atoms with Gasteiger partial charge < -0.3 is 15.0 Å². The number of nitrogens with two attached hydrogens (primary N) is 1. The van der Waals surface area contributed by atoms with Crippen molar-refractivity contribution < 1.29 is 9.53 Å². The molecule has 0 radical (unpaired) electrons. The van der Waals surface area contributed by atoms with E-state index in [2.05, 4.69) is 15.2 Å². The number of hydrogen-bond acceptors (Lipinski definition) is 7. The van der Waals surface area contributed by atoms with Gasteiger partial charge in [0.25, 0.3) is 5.56 Å². The summed E-state index contributed by atoms with van der Waals surface area (Å²) < 4.78 is 8.50. The summed E-state index contributed by atoms with van der Waals surface area (Å²) in [4.78, 5) is 29.3. The number of fused-ring (bicyclic) bond motifs is 1. The van der Waals surface area contributed by atoms with Gasteiger partial charge in [0.2, 0.25) is 5.91 Å². The van der Waals surface area contributed by atoms with Crippen LogP contribution in [0.4, 0.5) is 0 Å². The fraction of sp³-hybridized carbons (Fsp3) is 0.261. The number of halogens is 1. The second-order valence-electron chi connectivity index (χ2n) is 7.48. The van der Waals surface area contributed by atoms with E-state index in [4.69, 9.17) is 22.1 Å². The molecule has 0 aliphatic heterocycles. The van der Waals surface area contributed by atoms with Crippen molar-refractivity contribution in [3.8, 4) is 11.4 Å². The lowest BCUT2D eigenvalue weighted by molar-refractivity contribution is -0.118. The van der Waals surface area contributed by atoms with Crippen molar-refractivity contribution in [1.82, 2.24) is 24.3 Å². The van der Waals surface area contributed by atoms with Crippen molar-refractivity contribution in [2.75, 3.05) is 13.7 Å². The molecule has 2 aromatic heterocycles.